The summed E-state index contributed by atoms with van der Waals surface area (Å²) in [7, 11) is 0. The molecule has 9 heteroatoms. The first-order valence-electron chi connectivity index (χ1n) is 10.8. The van der Waals surface area contributed by atoms with E-state index in [1.165, 1.54) is 19.3 Å². The molecule has 164 valence electrons. The van der Waals surface area contributed by atoms with Crippen molar-refractivity contribution in [3.05, 3.63) is 33.4 Å². The Bertz CT molecular complexity index is 1020. The number of benzene rings is 1. The maximum Gasteiger partial charge on any atom is 0.318 e. The zero-order valence-corrected chi connectivity index (χ0v) is 18.7. The van der Waals surface area contributed by atoms with Gasteiger partial charge in [0.05, 0.1) is 41.7 Å². The zero-order chi connectivity index (χ0) is 21.5. The van der Waals surface area contributed by atoms with Crippen LogP contribution in [0.15, 0.2) is 12.1 Å². The standard InChI is InChI=1S/C22H25Cl2N5O2/c23-13-7-16(24)19(18(8-13)31-11-12-3-1-4-12)20-15-9-29(10-17(15)27-21(25)28-20)22(30)26-14-5-2-6-14/h7-8,12,14H,1-6,9-11H2,(H,26,30)(H2,25,27,28). The number of rotatable bonds is 5. The van der Waals surface area contributed by atoms with Crippen molar-refractivity contribution in [3.8, 4) is 17.0 Å². The maximum absolute atomic E-state index is 12.7. The van der Waals surface area contributed by atoms with Gasteiger partial charge in [0.1, 0.15) is 5.75 Å². The summed E-state index contributed by atoms with van der Waals surface area (Å²) in [6.07, 6.45) is 6.82. The summed E-state index contributed by atoms with van der Waals surface area (Å²) >= 11 is 12.9. The second kappa shape index (κ2) is 8.36. The number of hydrogen-bond donors (Lipinski definition) is 2. The van der Waals surface area contributed by atoms with Crippen molar-refractivity contribution in [2.45, 2.75) is 57.7 Å². The van der Waals surface area contributed by atoms with Gasteiger partial charge in [-0.2, -0.15) is 0 Å². The van der Waals surface area contributed by atoms with Crippen LogP contribution in [0, 0.1) is 5.92 Å². The Kier molecular flexibility index (Phi) is 5.56. The Balaban J connectivity index is 1.47. The molecule has 2 saturated carbocycles. The number of nitrogens with zero attached hydrogens (tertiary/aromatic N) is 3. The molecule has 2 heterocycles. The van der Waals surface area contributed by atoms with E-state index in [9.17, 15) is 4.79 Å². The van der Waals surface area contributed by atoms with E-state index in [0.717, 1.165) is 30.5 Å². The molecular formula is C22H25Cl2N5O2. The van der Waals surface area contributed by atoms with Crippen molar-refractivity contribution in [2.24, 2.45) is 5.92 Å². The van der Waals surface area contributed by atoms with Crippen LogP contribution in [0.1, 0.15) is 49.8 Å². The zero-order valence-electron chi connectivity index (χ0n) is 17.2. The smallest absolute Gasteiger partial charge is 0.318 e. The van der Waals surface area contributed by atoms with Crippen molar-refractivity contribution < 1.29 is 9.53 Å². The molecule has 0 unspecified atom stereocenters. The molecule has 2 fully saturated rings. The Morgan fingerprint density at radius 2 is 1.94 bits per heavy atom. The third-order valence-electron chi connectivity index (χ3n) is 6.47. The number of ether oxygens (including phenoxy) is 1. The molecule has 0 radical (unpaired) electrons. The predicted octanol–water partition coefficient (Wildman–Crippen LogP) is 4.79. The average molecular weight is 462 g/mol. The Morgan fingerprint density at radius 3 is 2.61 bits per heavy atom. The highest BCUT2D eigenvalue weighted by Gasteiger charge is 2.32. The third-order valence-corrected chi connectivity index (χ3v) is 6.99. The Labute approximate surface area is 191 Å². The highest BCUT2D eigenvalue weighted by Crippen LogP contribution is 2.43. The number of anilines is 1. The number of carbonyl (C=O) groups is 1. The molecule has 2 aliphatic carbocycles. The molecule has 0 bridgehead atoms. The lowest BCUT2D eigenvalue weighted by Gasteiger charge is -2.28. The fraction of sp³-hybridized carbons (Fsp3) is 0.500. The van der Waals surface area contributed by atoms with Gasteiger partial charge in [0.15, 0.2) is 0 Å². The highest BCUT2D eigenvalue weighted by molar-refractivity contribution is 6.37. The van der Waals surface area contributed by atoms with Crippen molar-refractivity contribution in [1.29, 1.82) is 0 Å². The van der Waals surface area contributed by atoms with Crippen molar-refractivity contribution >= 4 is 35.2 Å². The number of urea groups is 1. The topological polar surface area (TPSA) is 93.4 Å². The molecule has 5 rings (SSSR count). The van der Waals surface area contributed by atoms with Crippen LogP contribution >= 0.6 is 23.2 Å². The van der Waals surface area contributed by atoms with Gasteiger partial charge in [0.25, 0.3) is 0 Å². The van der Waals surface area contributed by atoms with Crippen molar-refractivity contribution in [3.63, 3.8) is 0 Å². The van der Waals surface area contributed by atoms with Crippen LogP contribution in [0.4, 0.5) is 10.7 Å². The lowest BCUT2D eigenvalue weighted by Crippen LogP contribution is -2.45. The molecule has 0 atom stereocenters. The monoisotopic (exact) mass is 461 g/mol. The third kappa shape index (κ3) is 4.13. The summed E-state index contributed by atoms with van der Waals surface area (Å²) in [6, 6.07) is 3.62. The fourth-order valence-electron chi connectivity index (χ4n) is 4.20. The van der Waals surface area contributed by atoms with E-state index in [1.807, 2.05) is 0 Å². The second-order valence-corrected chi connectivity index (χ2v) is 9.50. The number of nitrogens with two attached hydrogens (primary N) is 1. The van der Waals surface area contributed by atoms with Gasteiger partial charge in [-0.1, -0.05) is 29.6 Å². The lowest BCUT2D eigenvalue weighted by atomic mass is 9.86. The lowest BCUT2D eigenvalue weighted by molar-refractivity contribution is 0.181. The second-order valence-electron chi connectivity index (χ2n) is 8.66. The normalized spacial score (nSPS) is 18.3. The van der Waals surface area contributed by atoms with Crippen LogP contribution in [0.5, 0.6) is 5.75 Å². The minimum atomic E-state index is -0.0871. The molecule has 2 amide bonds. The number of fused-ring (bicyclic) bond motifs is 1. The van der Waals surface area contributed by atoms with E-state index in [1.54, 1.807) is 17.0 Å². The predicted molar refractivity (Wildman–Crippen MR) is 120 cm³/mol. The van der Waals surface area contributed by atoms with Crippen LogP contribution < -0.4 is 15.8 Å². The summed E-state index contributed by atoms with van der Waals surface area (Å²) < 4.78 is 6.14. The van der Waals surface area contributed by atoms with Crippen LogP contribution in [0.3, 0.4) is 0 Å². The van der Waals surface area contributed by atoms with Crippen LogP contribution in [-0.4, -0.2) is 33.5 Å². The first-order chi connectivity index (χ1) is 15.0. The molecule has 1 aromatic carbocycles. The molecular weight excluding hydrogens is 437 g/mol. The van der Waals surface area contributed by atoms with Crippen molar-refractivity contribution in [2.75, 3.05) is 12.3 Å². The van der Waals surface area contributed by atoms with Crippen molar-refractivity contribution in [1.82, 2.24) is 20.2 Å². The number of nitrogens with one attached hydrogen (secondary N) is 1. The molecule has 31 heavy (non-hydrogen) atoms. The largest absolute Gasteiger partial charge is 0.492 e. The first-order valence-corrected chi connectivity index (χ1v) is 11.6. The van der Waals surface area contributed by atoms with Crippen LogP contribution in [0.2, 0.25) is 10.0 Å². The molecule has 1 aromatic heterocycles. The molecule has 0 saturated heterocycles. The average Bonchev–Trinajstić information content (AvgIpc) is 3.06. The number of amides is 2. The van der Waals surface area contributed by atoms with E-state index >= 15 is 0 Å². The van der Waals surface area contributed by atoms with E-state index in [-0.39, 0.29) is 18.0 Å². The highest BCUT2D eigenvalue weighted by atomic mass is 35.5. The molecule has 7 nitrogen and oxygen atoms in total. The number of aromatic nitrogens is 2. The Hall–Kier alpha value is -2.25. The molecule has 0 spiro atoms. The maximum atomic E-state index is 12.7. The quantitative estimate of drug-likeness (QED) is 0.667. The Morgan fingerprint density at radius 1 is 1.16 bits per heavy atom. The minimum Gasteiger partial charge on any atom is -0.492 e. The van der Waals surface area contributed by atoms with Gasteiger partial charge in [-0.3, -0.25) is 0 Å². The number of hydrogen-bond acceptors (Lipinski definition) is 5. The minimum absolute atomic E-state index is 0.0871. The van der Waals surface area contributed by atoms with Gasteiger partial charge in [-0.15, -0.1) is 0 Å². The van der Waals surface area contributed by atoms with Crippen LogP contribution in [0.25, 0.3) is 11.3 Å². The van der Waals surface area contributed by atoms with Gasteiger partial charge in [-0.25, -0.2) is 14.8 Å². The molecule has 3 N–H and O–H groups in total. The van der Waals surface area contributed by atoms with E-state index in [2.05, 4.69) is 15.3 Å². The SMILES string of the molecule is Nc1nc2c(c(-c3c(Cl)cc(Cl)cc3OCC3CCC3)n1)CN(C(=O)NC1CCC1)C2. The molecule has 2 aromatic rings. The van der Waals surface area contributed by atoms with Gasteiger partial charge in [0.2, 0.25) is 5.95 Å². The number of nitrogen functional groups attached to an aromatic ring is 1. The van der Waals surface area contributed by atoms with Gasteiger partial charge in [-0.05, 0) is 50.2 Å². The number of halogens is 2. The van der Waals surface area contributed by atoms with Gasteiger partial charge in [0, 0.05) is 16.6 Å². The fourth-order valence-corrected chi connectivity index (χ4v) is 4.77. The summed E-state index contributed by atoms with van der Waals surface area (Å²) in [5, 5.41) is 4.02. The van der Waals surface area contributed by atoms with Gasteiger partial charge < -0.3 is 20.7 Å². The summed E-state index contributed by atoms with van der Waals surface area (Å²) in [6.45, 7) is 1.39. The number of carbonyl (C=O) groups excluding carboxylic acids is 1. The van der Waals surface area contributed by atoms with Crippen LogP contribution in [-0.2, 0) is 13.1 Å². The van der Waals surface area contributed by atoms with E-state index in [4.69, 9.17) is 33.7 Å². The molecule has 3 aliphatic rings. The van der Waals surface area contributed by atoms with Gasteiger partial charge >= 0.3 is 6.03 Å². The van der Waals surface area contributed by atoms with E-state index < -0.39 is 0 Å². The summed E-state index contributed by atoms with van der Waals surface area (Å²) in [4.78, 5) is 23.4. The summed E-state index contributed by atoms with van der Waals surface area (Å²) in [5.74, 6) is 1.28. The van der Waals surface area contributed by atoms with E-state index in [0.29, 0.717) is 52.7 Å². The first kappa shape index (κ1) is 20.6. The summed E-state index contributed by atoms with van der Waals surface area (Å²) in [5.41, 5.74) is 8.87. The molecule has 1 aliphatic heterocycles.